The largest absolute Gasteiger partial charge is 0.381 e. The molecule has 2 nitrogen and oxygen atoms in total. The molecule has 76 valence electrons. The number of ether oxygens (including phenoxy) is 1. The Labute approximate surface area is 81.3 Å². The van der Waals surface area contributed by atoms with Crippen molar-refractivity contribution in [2.24, 2.45) is 5.92 Å². The molecule has 0 N–H and O–H groups in total. The van der Waals surface area contributed by atoms with Crippen LogP contribution in [0.1, 0.15) is 32.6 Å². The Morgan fingerprint density at radius 1 is 1.31 bits per heavy atom. The molecule has 0 radical (unpaired) electrons. The van der Waals surface area contributed by atoms with E-state index in [0.29, 0.717) is 11.5 Å². The van der Waals surface area contributed by atoms with Crippen molar-refractivity contribution in [2.45, 2.75) is 38.1 Å². The van der Waals surface area contributed by atoms with Crippen molar-refractivity contribution in [1.82, 2.24) is 4.90 Å². The minimum atomic E-state index is 0.483. The van der Waals surface area contributed by atoms with Crippen LogP contribution in [0, 0.1) is 5.92 Å². The number of rotatable bonds is 0. The highest BCUT2D eigenvalue weighted by Gasteiger charge is 2.42. The molecule has 2 heterocycles. The third-order valence-corrected chi connectivity index (χ3v) is 4.08. The van der Waals surface area contributed by atoms with E-state index in [0.717, 1.165) is 13.2 Å². The molecule has 2 aliphatic heterocycles. The van der Waals surface area contributed by atoms with E-state index in [4.69, 9.17) is 4.74 Å². The van der Waals surface area contributed by atoms with Crippen molar-refractivity contribution in [1.29, 1.82) is 0 Å². The predicted molar refractivity (Wildman–Crippen MR) is 53.8 cm³/mol. The van der Waals surface area contributed by atoms with Crippen molar-refractivity contribution in [2.75, 3.05) is 26.8 Å². The van der Waals surface area contributed by atoms with Crippen LogP contribution in [0.3, 0.4) is 0 Å². The van der Waals surface area contributed by atoms with Crippen LogP contribution in [-0.2, 0) is 4.74 Å². The molecule has 2 atom stereocenters. The summed E-state index contributed by atoms with van der Waals surface area (Å²) in [7, 11) is 2.29. The summed E-state index contributed by atoms with van der Waals surface area (Å²) in [5.41, 5.74) is 0.483. The maximum absolute atomic E-state index is 5.53. The maximum Gasteiger partial charge on any atom is 0.0509 e. The van der Waals surface area contributed by atoms with Gasteiger partial charge in [0.15, 0.2) is 0 Å². The maximum atomic E-state index is 5.53. The lowest BCUT2D eigenvalue weighted by Crippen LogP contribution is -2.57. The lowest BCUT2D eigenvalue weighted by molar-refractivity contribution is -0.0779. The zero-order valence-electron chi connectivity index (χ0n) is 8.88. The summed E-state index contributed by atoms with van der Waals surface area (Å²) in [5.74, 6) is 0.714. The van der Waals surface area contributed by atoms with Gasteiger partial charge in [0, 0.05) is 12.1 Å². The van der Waals surface area contributed by atoms with Gasteiger partial charge in [-0.1, -0.05) is 13.3 Å². The number of likely N-dealkylation sites (tertiary alicyclic amines) is 1. The summed E-state index contributed by atoms with van der Waals surface area (Å²) < 4.78 is 5.53. The molecule has 1 spiro atoms. The van der Waals surface area contributed by atoms with Gasteiger partial charge in [-0.3, -0.25) is 0 Å². The molecule has 1 unspecified atom stereocenters. The highest BCUT2D eigenvalue weighted by atomic mass is 16.5. The second-order valence-corrected chi connectivity index (χ2v) is 4.71. The quantitative estimate of drug-likeness (QED) is 0.568. The van der Waals surface area contributed by atoms with Gasteiger partial charge in [-0.25, -0.2) is 0 Å². The second-order valence-electron chi connectivity index (χ2n) is 4.71. The highest BCUT2D eigenvalue weighted by molar-refractivity contribution is 4.97. The van der Waals surface area contributed by atoms with Gasteiger partial charge in [-0.2, -0.15) is 0 Å². The first kappa shape index (κ1) is 9.47. The van der Waals surface area contributed by atoms with Crippen LogP contribution in [0.5, 0.6) is 0 Å². The first-order valence-corrected chi connectivity index (χ1v) is 5.55. The van der Waals surface area contributed by atoms with Gasteiger partial charge in [0.05, 0.1) is 6.61 Å². The molecule has 2 heteroatoms. The average Bonchev–Trinajstić information content (AvgIpc) is 2.15. The fourth-order valence-electron chi connectivity index (χ4n) is 3.04. The molecule has 0 aliphatic carbocycles. The fourth-order valence-corrected chi connectivity index (χ4v) is 3.04. The molecule has 13 heavy (non-hydrogen) atoms. The van der Waals surface area contributed by atoms with Gasteiger partial charge in [-0.05, 0) is 38.8 Å². The molecular formula is C11H21NO. The van der Waals surface area contributed by atoms with E-state index in [1.54, 1.807) is 0 Å². The van der Waals surface area contributed by atoms with E-state index < -0.39 is 0 Å². The summed E-state index contributed by atoms with van der Waals surface area (Å²) in [6.07, 6.45) is 5.42. The predicted octanol–water partition coefficient (Wildman–Crippen LogP) is 1.90. The minimum absolute atomic E-state index is 0.483. The Kier molecular flexibility index (Phi) is 2.61. The summed E-state index contributed by atoms with van der Waals surface area (Å²) in [5, 5.41) is 0. The van der Waals surface area contributed by atoms with Gasteiger partial charge in [0.25, 0.3) is 0 Å². The van der Waals surface area contributed by atoms with Crippen LogP contribution in [-0.4, -0.2) is 37.2 Å². The topological polar surface area (TPSA) is 12.5 Å². The van der Waals surface area contributed by atoms with E-state index in [1.165, 1.54) is 32.2 Å². The van der Waals surface area contributed by atoms with E-state index in [9.17, 15) is 0 Å². The first-order valence-electron chi connectivity index (χ1n) is 5.55. The van der Waals surface area contributed by atoms with Crippen LogP contribution in [0.25, 0.3) is 0 Å². The van der Waals surface area contributed by atoms with Crippen LogP contribution in [0.4, 0.5) is 0 Å². The number of nitrogens with zero attached hydrogens (tertiary/aromatic N) is 1. The van der Waals surface area contributed by atoms with Gasteiger partial charge < -0.3 is 9.64 Å². The van der Waals surface area contributed by atoms with Crippen LogP contribution >= 0.6 is 0 Å². The Morgan fingerprint density at radius 2 is 2.15 bits per heavy atom. The highest BCUT2D eigenvalue weighted by Crippen LogP contribution is 2.39. The zero-order valence-corrected chi connectivity index (χ0v) is 8.88. The first-order chi connectivity index (χ1) is 6.26. The molecule has 2 fully saturated rings. The molecule has 0 aromatic heterocycles. The van der Waals surface area contributed by atoms with Crippen molar-refractivity contribution < 1.29 is 4.74 Å². The second kappa shape index (κ2) is 3.58. The SMILES string of the molecule is CC1COCC[C@]12CCCCN2C. The fraction of sp³-hybridized carbons (Fsp3) is 1.00. The molecule has 2 rings (SSSR count). The summed E-state index contributed by atoms with van der Waals surface area (Å²) in [6, 6.07) is 0. The molecule has 2 saturated heterocycles. The number of hydrogen-bond acceptors (Lipinski definition) is 2. The van der Waals surface area contributed by atoms with Crippen molar-refractivity contribution in [3.63, 3.8) is 0 Å². The van der Waals surface area contributed by atoms with Crippen molar-refractivity contribution in [3.8, 4) is 0 Å². The summed E-state index contributed by atoms with van der Waals surface area (Å²) >= 11 is 0. The molecule has 0 aromatic rings. The third kappa shape index (κ3) is 1.50. The van der Waals surface area contributed by atoms with Crippen LogP contribution in [0.2, 0.25) is 0 Å². The Hall–Kier alpha value is -0.0800. The average molecular weight is 183 g/mol. The Balaban J connectivity index is 2.13. The lowest BCUT2D eigenvalue weighted by atomic mass is 9.74. The molecule has 0 saturated carbocycles. The zero-order chi connectivity index (χ0) is 9.31. The standard InChI is InChI=1S/C11H21NO/c1-10-9-13-8-6-11(10)5-3-4-7-12(11)2/h10H,3-9H2,1-2H3/t10?,11-/m1/s1. The monoisotopic (exact) mass is 183 g/mol. The summed E-state index contributed by atoms with van der Waals surface area (Å²) in [6.45, 7) is 5.56. The number of piperidine rings is 1. The van der Waals surface area contributed by atoms with Gasteiger partial charge >= 0.3 is 0 Å². The molecule has 0 bridgehead atoms. The van der Waals surface area contributed by atoms with Crippen LogP contribution in [0.15, 0.2) is 0 Å². The Bertz CT molecular complexity index is 161. The lowest BCUT2D eigenvalue weighted by Gasteiger charge is -2.51. The van der Waals surface area contributed by atoms with Gasteiger partial charge in [-0.15, -0.1) is 0 Å². The normalized spacial score (nSPS) is 42.5. The Morgan fingerprint density at radius 3 is 2.85 bits per heavy atom. The molecule has 0 amide bonds. The van der Waals surface area contributed by atoms with Gasteiger partial charge in [0.2, 0.25) is 0 Å². The summed E-state index contributed by atoms with van der Waals surface area (Å²) in [4.78, 5) is 2.59. The molecule has 2 aliphatic rings. The van der Waals surface area contributed by atoms with E-state index in [2.05, 4.69) is 18.9 Å². The molecule has 0 aromatic carbocycles. The van der Waals surface area contributed by atoms with E-state index in [-0.39, 0.29) is 0 Å². The smallest absolute Gasteiger partial charge is 0.0509 e. The van der Waals surface area contributed by atoms with Crippen LogP contribution < -0.4 is 0 Å². The van der Waals surface area contributed by atoms with E-state index in [1.807, 2.05) is 0 Å². The van der Waals surface area contributed by atoms with Crippen molar-refractivity contribution >= 4 is 0 Å². The third-order valence-electron chi connectivity index (χ3n) is 4.08. The van der Waals surface area contributed by atoms with Crippen molar-refractivity contribution in [3.05, 3.63) is 0 Å². The minimum Gasteiger partial charge on any atom is -0.381 e. The number of hydrogen-bond donors (Lipinski definition) is 0. The molecular weight excluding hydrogens is 162 g/mol. The van der Waals surface area contributed by atoms with Gasteiger partial charge in [0.1, 0.15) is 0 Å². The van der Waals surface area contributed by atoms with E-state index >= 15 is 0 Å².